The summed E-state index contributed by atoms with van der Waals surface area (Å²) >= 11 is 6.38. The fourth-order valence-corrected chi connectivity index (χ4v) is 4.03. The Hall–Kier alpha value is -3.83. The summed E-state index contributed by atoms with van der Waals surface area (Å²) in [6.45, 7) is 8.56. The van der Waals surface area contributed by atoms with E-state index in [1.54, 1.807) is 25.3 Å². The first-order valence-electron chi connectivity index (χ1n) is 13.0. The number of rotatable bonds is 10. The number of carbonyl (C=O) groups excluding carboxylic acids is 1. The van der Waals surface area contributed by atoms with E-state index in [2.05, 4.69) is 20.6 Å². The molecule has 4 aromatic rings. The molecule has 41 heavy (non-hydrogen) atoms. The van der Waals surface area contributed by atoms with E-state index in [0.29, 0.717) is 30.1 Å². The minimum absolute atomic E-state index is 0.0145. The molecule has 0 unspecified atom stereocenters. The highest BCUT2D eigenvalue weighted by Crippen LogP contribution is 2.36. The van der Waals surface area contributed by atoms with E-state index in [1.165, 1.54) is 18.5 Å². The number of ether oxygens (including phenoxy) is 2. The number of nitrogens with zero attached hydrogens (tertiary/aromatic N) is 3. The van der Waals surface area contributed by atoms with Crippen molar-refractivity contribution in [3.05, 3.63) is 71.6 Å². The van der Waals surface area contributed by atoms with Crippen LogP contribution < -0.4 is 15.4 Å². The van der Waals surface area contributed by atoms with Gasteiger partial charge >= 0.3 is 6.18 Å². The minimum Gasteiger partial charge on any atom is -0.456 e. The average molecular weight is 592 g/mol. The minimum atomic E-state index is -4.48. The molecule has 0 saturated carbocycles. The van der Waals surface area contributed by atoms with Crippen molar-refractivity contribution in [2.45, 2.75) is 52.4 Å². The molecule has 0 bridgehead atoms. The van der Waals surface area contributed by atoms with E-state index >= 15 is 0 Å². The van der Waals surface area contributed by atoms with Crippen LogP contribution in [0.1, 0.15) is 39.7 Å². The highest BCUT2D eigenvalue weighted by Gasteiger charge is 2.30. The molecule has 4 rings (SSSR count). The zero-order valence-electron chi connectivity index (χ0n) is 23.5. The molecule has 2 aromatic heterocycles. The second kappa shape index (κ2) is 13.7. The molecule has 0 fully saturated rings. The van der Waals surface area contributed by atoms with E-state index in [4.69, 9.17) is 21.1 Å². The normalized spacial score (nSPS) is 11.5. The maximum Gasteiger partial charge on any atom is 0.416 e. The monoisotopic (exact) mass is 591 g/mol. The number of amides is 1. The van der Waals surface area contributed by atoms with E-state index in [0.717, 1.165) is 17.6 Å². The van der Waals surface area contributed by atoms with Crippen LogP contribution in [-0.2, 0) is 22.3 Å². The molecule has 2 heterocycles. The topological polar surface area (TPSA) is 90.3 Å². The van der Waals surface area contributed by atoms with Gasteiger partial charge in [-0.3, -0.25) is 4.79 Å². The maximum absolute atomic E-state index is 13.0. The van der Waals surface area contributed by atoms with Gasteiger partial charge < -0.3 is 24.7 Å². The molecular formula is C29H33ClF3N5O3. The van der Waals surface area contributed by atoms with Crippen molar-refractivity contribution >= 4 is 40.0 Å². The first-order valence-corrected chi connectivity index (χ1v) is 13.4. The Bertz CT molecular complexity index is 1470. The highest BCUT2D eigenvalue weighted by molar-refractivity contribution is 6.32. The fraction of sp³-hybridized carbons (Fsp3) is 0.345. The zero-order chi connectivity index (χ0) is 30.2. The Balaban J connectivity index is 0.00000226. The number of anilines is 2. The quantitative estimate of drug-likeness (QED) is 0.197. The number of hydrogen-bond donors (Lipinski definition) is 2. The van der Waals surface area contributed by atoms with Crippen molar-refractivity contribution in [1.29, 1.82) is 0 Å². The Morgan fingerprint density at radius 1 is 1.07 bits per heavy atom. The molecule has 220 valence electrons. The molecule has 2 N–H and O–H groups in total. The van der Waals surface area contributed by atoms with Gasteiger partial charge in [0.1, 0.15) is 23.3 Å². The molecule has 2 aromatic carbocycles. The summed E-state index contributed by atoms with van der Waals surface area (Å²) in [7, 11) is 1.57. The molecule has 0 spiro atoms. The summed E-state index contributed by atoms with van der Waals surface area (Å²) < 4.78 is 51.9. The van der Waals surface area contributed by atoms with Crippen LogP contribution in [0.15, 0.2) is 61.1 Å². The van der Waals surface area contributed by atoms with Gasteiger partial charge in [0.25, 0.3) is 0 Å². The number of halogens is 4. The molecular weight excluding hydrogens is 559 g/mol. The third-order valence-electron chi connectivity index (χ3n) is 5.95. The van der Waals surface area contributed by atoms with Gasteiger partial charge in [-0.15, -0.1) is 0 Å². The lowest BCUT2D eigenvalue weighted by Crippen LogP contribution is -2.35. The van der Waals surface area contributed by atoms with E-state index in [9.17, 15) is 18.0 Å². The third kappa shape index (κ3) is 8.58. The lowest BCUT2D eigenvalue weighted by Gasteiger charge is -2.22. The van der Waals surface area contributed by atoms with Crippen molar-refractivity contribution < 1.29 is 27.4 Å². The lowest BCUT2D eigenvalue weighted by atomic mass is 10.1. The second-order valence-corrected chi connectivity index (χ2v) is 9.76. The Morgan fingerprint density at radius 2 is 1.83 bits per heavy atom. The van der Waals surface area contributed by atoms with Gasteiger partial charge in [0.15, 0.2) is 5.82 Å². The number of fused-ring (bicyclic) bond motifs is 1. The highest BCUT2D eigenvalue weighted by atomic mass is 35.5. The first-order chi connectivity index (χ1) is 19.4. The molecule has 0 aliphatic carbocycles. The summed E-state index contributed by atoms with van der Waals surface area (Å²) in [5.74, 6) is 0.611. The number of hydrogen-bond acceptors (Lipinski definition) is 6. The number of alkyl halides is 3. The molecule has 0 atom stereocenters. The molecule has 0 aliphatic rings. The number of nitrogens with one attached hydrogen (secondary N) is 2. The zero-order valence-corrected chi connectivity index (χ0v) is 24.2. The van der Waals surface area contributed by atoms with Gasteiger partial charge in [-0.1, -0.05) is 31.5 Å². The number of methoxy groups -OCH3 is 1. The van der Waals surface area contributed by atoms with Crippen LogP contribution in [0.5, 0.6) is 11.5 Å². The van der Waals surface area contributed by atoms with Crippen LogP contribution in [0.3, 0.4) is 0 Å². The lowest BCUT2D eigenvalue weighted by molar-refractivity contribution is -0.137. The standard InChI is InChI=1S/C27H27ClF3N5O3.C2H6/c1-26(2,38-3)15-23(37)32-10-12-36-11-9-21-24(36)25(34-16-33-21)35-18-7-8-22(20(28)14-18)39-19-6-4-5-17(13-19)27(29,30)31;1-2/h4-9,11,13-14,16H,10,12,15H2,1-3H3,(H,32,37)(H,33,34,35);1-2H3. The van der Waals surface area contributed by atoms with Gasteiger partial charge in [-0.25, -0.2) is 9.97 Å². The fourth-order valence-electron chi connectivity index (χ4n) is 3.81. The predicted molar refractivity (Wildman–Crippen MR) is 154 cm³/mol. The van der Waals surface area contributed by atoms with Gasteiger partial charge in [-0.05, 0) is 56.3 Å². The van der Waals surface area contributed by atoms with E-state index in [1.807, 2.05) is 44.5 Å². The molecule has 8 nitrogen and oxygen atoms in total. The van der Waals surface area contributed by atoms with Crippen molar-refractivity contribution in [3.63, 3.8) is 0 Å². The summed E-state index contributed by atoms with van der Waals surface area (Å²) in [4.78, 5) is 20.9. The van der Waals surface area contributed by atoms with Crippen molar-refractivity contribution in [2.24, 2.45) is 0 Å². The maximum atomic E-state index is 13.0. The Labute approximate surface area is 241 Å². The summed E-state index contributed by atoms with van der Waals surface area (Å²) in [5.41, 5.74) is 0.645. The van der Waals surface area contributed by atoms with Crippen LogP contribution in [0.25, 0.3) is 11.0 Å². The largest absolute Gasteiger partial charge is 0.456 e. The van der Waals surface area contributed by atoms with Crippen molar-refractivity contribution in [1.82, 2.24) is 19.9 Å². The van der Waals surface area contributed by atoms with Gasteiger partial charge in [0.05, 0.1) is 28.1 Å². The van der Waals surface area contributed by atoms with Crippen LogP contribution in [0.4, 0.5) is 24.7 Å². The van der Waals surface area contributed by atoms with Gasteiger partial charge in [0.2, 0.25) is 5.91 Å². The summed E-state index contributed by atoms with van der Waals surface area (Å²) in [6, 6.07) is 11.2. The van der Waals surface area contributed by atoms with Crippen molar-refractivity contribution in [3.8, 4) is 11.5 Å². The molecule has 12 heteroatoms. The number of carbonyl (C=O) groups is 1. The molecule has 0 aliphatic heterocycles. The third-order valence-corrected chi connectivity index (χ3v) is 6.24. The Morgan fingerprint density at radius 3 is 2.51 bits per heavy atom. The molecule has 0 radical (unpaired) electrons. The summed E-state index contributed by atoms with van der Waals surface area (Å²) in [6.07, 6.45) is -0.963. The van der Waals surface area contributed by atoms with E-state index < -0.39 is 17.3 Å². The number of benzene rings is 2. The SMILES string of the molecule is CC.COC(C)(C)CC(=O)NCCn1ccc2ncnc(Nc3ccc(Oc4cccc(C(F)(F)F)c4)c(Cl)c3)c21. The van der Waals surface area contributed by atoms with Crippen molar-refractivity contribution in [2.75, 3.05) is 19.0 Å². The first kappa shape index (κ1) is 31.7. The molecule has 1 amide bonds. The summed E-state index contributed by atoms with van der Waals surface area (Å²) in [5, 5.41) is 6.30. The second-order valence-electron chi connectivity index (χ2n) is 9.35. The van der Waals surface area contributed by atoms with Crippen LogP contribution in [-0.4, -0.2) is 39.7 Å². The van der Waals surface area contributed by atoms with E-state index in [-0.39, 0.29) is 28.8 Å². The van der Waals surface area contributed by atoms with Gasteiger partial charge in [0, 0.05) is 32.1 Å². The van der Waals surface area contributed by atoms with Crippen LogP contribution in [0, 0.1) is 0 Å². The van der Waals surface area contributed by atoms with Crippen LogP contribution in [0.2, 0.25) is 5.02 Å². The molecule has 0 saturated heterocycles. The average Bonchev–Trinajstić information content (AvgIpc) is 3.35. The number of aromatic nitrogens is 3. The smallest absolute Gasteiger partial charge is 0.416 e. The predicted octanol–water partition coefficient (Wildman–Crippen LogP) is 7.60. The van der Waals surface area contributed by atoms with Gasteiger partial charge in [-0.2, -0.15) is 13.2 Å². The Kier molecular flexibility index (Phi) is 10.6. The van der Waals surface area contributed by atoms with Crippen LogP contribution >= 0.6 is 11.6 Å².